The first-order chi connectivity index (χ1) is 4.35. The minimum atomic E-state index is 0.198. The topological polar surface area (TPSA) is 19.9 Å². The molecule has 1 nitrogen and oxygen atoms in total. The molecule has 2 aliphatic carbocycles. The lowest BCUT2D eigenvalue weighted by Gasteiger charge is -2.21. The molecular formula is C8H13O. The maximum Gasteiger partial charge on any atom is 0.0878 e. The Bertz CT molecular complexity index is 112. The molecule has 2 bridgehead atoms. The molecule has 2 fully saturated rings. The molecule has 2 aliphatic rings. The second kappa shape index (κ2) is 1.72. The molecule has 0 amide bonds. The predicted molar refractivity (Wildman–Crippen MR) is 34.6 cm³/mol. The summed E-state index contributed by atoms with van der Waals surface area (Å²) in [4.78, 5) is 0. The third-order valence-corrected chi connectivity index (χ3v) is 3.19. The Kier molecular flexibility index (Phi) is 1.10. The monoisotopic (exact) mass is 125 g/mol. The van der Waals surface area contributed by atoms with Gasteiger partial charge < -0.3 is 0 Å². The minimum absolute atomic E-state index is 0.198. The van der Waals surface area contributed by atoms with Gasteiger partial charge in [0, 0.05) is 0 Å². The first-order valence-corrected chi connectivity index (χ1v) is 3.93. The Morgan fingerprint density at radius 3 is 2.22 bits per heavy atom. The van der Waals surface area contributed by atoms with E-state index in [-0.39, 0.29) is 6.61 Å². The number of hydrogen-bond donors (Lipinski definition) is 0. The van der Waals surface area contributed by atoms with Gasteiger partial charge in [-0.15, -0.1) is 0 Å². The van der Waals surface area contributed by atoms with Crippen LogP contribution in [0.25, 0.3) is 0 Å². The van der Waals surface area contributed by atoms with E-state index in [0.29, 0.717) is 5.41 Å². The molecule has 0 atom stereocenters. The van der Waals surface area contributed by atoms with Crippen LogP contribution in [-0.4, -0.2) is 6.61 Å². The smallest absolute Gasteiger partial charge is 0.0878 e. The molecule has 0 heterocycles. The molecule has 9 heavy (non-hydrogen) atoms. The van der Waals surface area contributed by atoms with Crippen LogP contribution in [0.1, 0.15) is 32.1 Å². The van der Waals surface area contributed by atoms with Gasteiger partial charge in [0.15, 0.2) is 0 Å². The van der Waals surface area contributed by atoms with Gasteiger partial charge in [0.25, 0.3) is 0 Å². The van der Waals surface area contributed by atoms with E-state index in [4.69, 9.17) is 0 Å². The summed E-state index contributed by atoms with van der Waals surface area (Å²) in [5.74, 6) is 0.943. The first-order valence-electron chi connectivity index (χ1n) is 3.93. The van der Waals surface area contributed by atoms with Crippen molar-refractivity contribution in [2.45, 2.75) is 32.1 Å². The zero-order valence-electron chi connectivity index (χ0n) is 5.73. The van der Waals surface area contributed by atoms with Gasteiger partial charge in [-0.2, -0.15) is 0 Å². The molecule has 51 valence electrons. The molecule has 2 rings (SSSR count). The van der Waals surface area contributed by atoms with Crippen molar-refractivity contribution in [3.05, 3.63) is 0 Å². The SMILES string of the molecule is [O]CC12CCC(CC1)C2. The zero-order valence-corrected chi connectivity index (χ0v) is 5.73. The fourth-order valence-electron chi connectivity index (χ4n) is 2.51. The Labute approximate surface area is 56.1 Å². The maximum absolute atomic E-state index is 10.7. The molecule has 1 heteroatoms. The van der Waals surface area contributed by atoms with Crippen molar-refractivity contribution in [1.29, 1.82) is 0 Å². The molecule has 0 aromatic carbocycles. The van der Waals surface area contributed by atoms with Crippen LogP contribution in [0.4, 0.5) is 0 Å². The van der Waals surface area contributed by atoms with Crippen molar-refractivity contribution in [3.63, 3.8) is 0 Å². The first kappa shape index (κ1) is 5.72. The summed E-state index contributed by atoms with van der Waals surface area (Å²) in [6, 6.07) is 0. The highest BCUT2D eigenvalue weighted by molar-refractivity contribution is 4.94. The summed E-state index contributed by atoms with van der Waals surface area (Å²) in [5.41, 5.74) is 0.296. The molecule has 0 N–H and O–H groups in total. The Morgan fingerprint density at radius 2 is 2.00 bits per heavy atom. The van der Waals surface area contributed by atoms with Crippen LogP contribution in [0, 0.1) is 11.3 Å². The molecular weight excluding hydrogens is 112 g/mol. The van der Waals surface area contributed by atoms with Gasteiger partial charge >= 0.3 is 0 Å². The Morgan fingerprint density at radius 1 is 1.33 bits per heavy atom. The lowest BCUT2D eigenvalue weighted by atomic mass is 9.85. The highest BCUT2D eigenvalue weighted by Crippen LogP contribution is 2.53. The summed E-state index contributed by atoms with van der Waals surface area (Å²) >= 11 is 0. The van der Waals surface area contributed by atoms with Crippen LogP contribution in [0.2, 0.25) is 0 Å². The van der Waals surface area contributed by atoms with Crippen molar-refractivity contribution >= 4 is 0 Å². The molecule has 0 aromatic heterocycles. The maximum atomic E-state index is 10.7. The van der Waals surface area contributed by atoms with Gasteiger partial charge in [-0.05, 0) is 43.4 Å². The van der Waals surface area contributed by atoms with Gasteiger partial charge in [0.2, 0.25) is 0 Å². The van der Waals surface area contributed by atoms with Crippen molar-refractivity contribution in [2.75, 3.05) is 6.61 Å². The molecule has 1 radical (unpaired) electrons. The second-order valence-electron chi connectivity index (χ2n) is 3.79. The van der Waals surface area contributed by atoms with Crippen LogP contribution in [0.5, 0.6) is 0 Å². The largest absolute Gasteiger partial charge is 0.236 e. The van der Waals surface area contributed by atoms with E-state index in [9.17, 15) is 5.11 Å². The van der Waals surface area contributed by atoms with Crippen LogP contribution in [-0.2, 0) is 5.11 Å². The van der Waals surface area contributed by atoms with Crippen molar-refractivity contribution in [1.82, 2.24) is 0 Å². The van der Waals surface area contributed by atoms with E-state index in [1.165, 1.54) is 32.1 Å². The van der Waals surface area contributed by atoms with Crippen molar-refractivity contribution in [3.8, 4) is 0 Å². The summed E-state index contributed by atoms with van der Waals surface area (Å²) in [6.45, 7) is 0.198. The standard InChI is InChI=1S/C8H13O/c9-6-8-3-1-7(5-8)2-4-8/h7H,1-6H2. The van der Waals surface area contributed by atoms with Gasteiger partial charge in [-0.25, -0.2) is 5.11 Å². The Balaban J connectivity index is 2.13. The third kappa shape index (κ3) is 0.710. The summed E-state index contributed by atoms with van der Waals surface area (Å²) in [5, 5.41) is 10.7. The van der Waals surface area contributed by atoms with Gasteiger partial charge in [0.1, 0.15) is 0 Å². The van der Waals surface area contributed by atoms with E-state index in [0.717, 1.165) is 5.92 Å². The van der Waals surface area contributed by atoms with Gasteiger partial charge in [-0.3, -0.25) is 0 Å². The van der Waals surface area contributed by atoms with Gasteiger partial charge in [-0.1, -0.05) is 0 Å². The van der Waals surface area contributed by atoms with E-state index in [1.54, 1.807) is 0 Å². The number of hydrogen-bond acceptors (Lipinski definition) is 0. The predicted octanol–water partition coefficient (Wildman–Crippen LogP) is 2.00. The third-order valence-electron chi connectivity index (χ3n) is 3.19. The molecule has 0 spiro atoms. The van der Waals surface area contributed by atoms with Crippen LogP contribution < -0.4 is 0 Å². The summed E-state index contributed by atoms with van der Waals surface area (Å²) in [7, 11) is 0. The molecule has 2 saturated carbocycles. The summed E-state index contributed by atoms with van der Waals surface area (Å²) < 4.78 is 0. The fourth-order valence-corrected chi connectivity index (χ4v) is 2.51. The average Bonchev–Trinajstić information content (AvgIpc) is 2.46. The molecule has 0 saturated heterocycles. The normalized spacial score (nSPS) is 48.3. The molecule has 0 aliphatic heterocycles. The van der Waals surface area contributed by atoms with Crippen LogP contribution >= 0.6 is 0 Å². The molecule has 0 unspecified atom stereocenters. The lowest BCUT2D eigenvalue weighted by Crippen LogP contribution is -2.17. The average molecular weight is 125 g/mol. The summed E-state index contributed by atoms with van der Waals surface area (Å²) in [6.07, 6.45) is 6.43. The van der Waals surface area contributed by atoms with E-state index in [1.807, 2.05) is 0 Å². The number of fused-ring (bicyclic) bond motifs is 2. The van der Waals surface area contributed by atoms with E-state index in [2.05, 4.69) is 0 Å². The molecule has 0 aromatic rings. The highest BCUT2D eigenvalue weighted by Gasteiger charge is 2.44. The van der Waals surface area contributed by atoms with E-state index < -0.39 is 0 Å². The minimum Gasteiger partial charge on any atom is -0.236 e. The number of rotatable bonds is 1. The van der Waals surface area contributed by atoms with Crippen LogP contribution in [0.3, 0.4) is 0 Å². The quantitative estimate of drug-likeness (QED) is 0.511. The van der Waals surface area contributed by atoms with Crippen molar-refractivity contribution < 1.29 is 5.11 Å². The highest BCUT2D eigenvalue weighted by atomic mass is 16.3. The van der Waals surface area contributed by atoms with E-state index >= 15 is 0 Å². The Hall–Kier alpha value is -0.0400. The van der Waals surface area contributed by atoms with Gasteiger partial charge in [0.05, 0.1) is 6.61 Å². The van der Waals surface area contributed by atoms with Crippen LogP contribution in [0.15, 0.2) is 0 Å². The second-order valence-corrected chi connectivity index (χ2v) is 3.79. The zero-order chi connectivity index (χ0) is 6.32. The van der Waals surface area contributed by atoms with Crippen molar-refractivity contribution in [2.24, 2.45) is 11.3 Å². The lowest BCUT2D eigenvalue weighted by molar-refractivity contribution is 0.0747. The fraction of sp³-hybridized carbons (Fsp3) is 1.00.